The van der Waals surface area contributed by atoms with Gasteiger partial charge in [-0.25, -0.2) is 4.98 Å². The molecule has 0 saturated heterocycles. The molecule has 1 rings (SSSR count). The predicted octanol–water partition coefficient (Wildman–Crippen LogP) is 2.00. The summed E-state index contributed by atoms with van der Waals surface area (Å²) in [5.74, 6) is 0. The van der Waals surface area contributed by atoms with E-state index in [1.165, 1.54) is 25.1 Å². The highest BCUT2D eigenvalue weighted by molar-refractivity contribution is 7.99. The minimum atomic E-state index is 0.161. The monoisotopic (exact) mass is 248 g/mol. The number of aliphatic hydroxyl groups excluding tert-OH is 1. The van der Waals surface area contributed by atoms with Crippen molar-refractivity contribution in [1.82, 2.24) is 9.97 Å². The third kappa shape index (κ3) is 3.85. The maximum atomic E-state index is 8.78. The van der Waals surface area contributed by atoms with Crippen molar-refractivity contribution in [3.63, 3.8) is 0 Å². The van der Waals surface area contributed by atoms with Gasteiger partial charge in [-0.05, 0) is 6.42 Å². The second-order valence-electron chi connectivity index (χ2n) is 2.95. The lowest BCUT2D eigenvalue weighted by molar-refractivity contribution is 0.289. The minimum Gasteiger partial charge on any atom is -0.467 e. The maximum Gasteiger partial charge on any atom is 0.317 e. The molecule has 0 saturated carbocycles. The molecule has 15 heavy (non-hydrogen) atoms. The summed E-state index contributed by atoms with van der Waals surface area (Å²) < 4.78 is 4.91. The summed E-state index contributed by atoms with van der Waals surface area (Å²) >= 11 is 7.43. The van der Waals surface area contributed by atoms with Crippen molar-refractivity contribution < 1.29 is 9.84 Å². The highest BCUT2D eigenvalue weighted by Crippen LogP contribution is 2.30. The maximum absolute atomic E-state index is 8.78. The van der Waals surface area contributed by atoms with E-state index in [-0.39, 0.29) is 11.9 Å². The molecule has 0 fully saturated rings. The van der Waals surface area contributed by atoms with Crippen LogP contribution >= 0.6 is 23.4 Å². The number of halogens is 1. The number of aliphatic hydroxyl groups is 1. The van der Waals surface area contributed by atoms with Gasteiger partial charge in [0.15, 0.2) is 0 Å². The van der Waals surface area contributed by atoms with E-state index in [0.29, 0.717) is 22.5 Å². The SMILES string of the molecule is COc1ncc(Cl)c(SC(C)CCO)n1. The highest BCUT2D eigenvalue weighted by Gasteiger charge is 2.10. The second-order valence-corrected chi connectivity index (χ2v) is 4.78. The Morgan fingerprint density at radius 2 is 2.40 bits per heavy atom. The molecule has 1 aromatic rings. The Morgan fingerprint density at radius 1 is 1.67 bits per heavy atom. The van der Waals surface area contributed by atoms with Gasteiger partial charge in [-0.1, -0.05) is 18.5 Å². The molecule has 0 aliphatic carbocycles. The number of rotatable bonds is 5. The average molecular weight is 249 g/mol. The molecular weight excluding hydrogens is 236 g/mol. The van der Waals surface area contributed by atoms with Gasteiger partial charge >= 0.3 is 6.01 Å². The molecule has 1 atom stereocenters. The second kappa shape index (κ2) is 6.15. The molecule has 1 aromatic heterocycles. The van der Waals surface area contributed by atoms with Crippen molar-refractivity contribution in [2.75, 3.05) is 13.7 Å². The van der Waals surface area contributed by atoms with Gasteiger partial charge in [0.05, 0.1) is 18.3 Å². The number of nitrogens with zero attached hydrogens (tertiary/aromatic N) is 2. The van der Waals surface area contributed by atoms with Gasteiger partial charge in [0.25, 0.3) is 0 Å². The van der Waals surface area contributed by atoms with Gasteiger partial charge in [0.1, 0.15) is 5.03 Å². The summed E-state index contributed by atoms with van der Waals surface area (Å²) in [6, 6.07) is 0.304. The van der Waals surface area contributed by atoms with Crippen LogP contribution in [-0.4, -0.2) is 34.0 Å². The molecule has 1 N–H and O–H groups in total. The molecule has 0 aliphatic rings. The van der Waals surface area contributed by atoms with Gasteiger partial charge < -0.3 is 9.84 Å². The Kier molecular flexibility index (Phi) is 5.14. The molecular formula is C9H13ClN2O2S. The van der Waals surface area contributed by atoms with Crippen molar-refractivity contribution in [2.24, 2.45) is 0 Å². The van der Waals surface area contributed by atoms with Crippen LogP contribution in [0.1, 0.15) is 13.3 Å². The van der Waals surface area contributed by atoms with Crippen LogP contribution in [0.4, 0.5) is 0 Å². The summed E-state index contributed by atoms with van der Waals surface area (Å²) in [5, 5.41) is 10.2. The quantitative estimate of drug-likeness (QED) is 0.638. The van der Waals surface area contributed by atoms with E-state index in [1.807, 2.05) is 6.92 Å². The Hall–Kier alpha value is -0.520. The van der Waals surface area contributed by atoms with Gasteiger partial charge in [0.2, 0.25) is 0 Å². The normalized spacial score (nSPS) is 12.5. The first-order valence-corrected chi connectivity index (χ1v) is 5.77. The molecule has 0 aromatic carbocycles. The molecule has 0 aliphatic heterocycles. The molecule has 1 unspecified atom stereocenters. The number of hydrogen-bond acceptors (Lipinski definition) is 5. The molecule has 0 amide bonds. The van der Waals surface area contributed by atoms with E-state index < -0.39 is 0 Å². The average Bonchev–Trinajstić information content (AvgIpc) is 2.21. The van der Waals surface area contributed by atoms with Crippen LogP contribution in [0.3, 0.4) is 0 Å². The van der Waals surface area contributed by atoms with E-state index >= 15 is 0 Å². The zero-order valence-electron chi connectivity index (χ0n) is 8.61. The summed E-state index contributed by atoms with van der Waals surface area (Å²) in [5.41, 5.74) is 0. The van der Waals surface area contributed by atoms with E-state index in [1.54, 1.807) is 0 Å². The summed E-state index contributed by atoms with van der Waals surface area (Å²) in [4.78, 5) is 8.01. The van der Waals surface area contributed by atoms with Gasteiger partial charge in [-0.15, -0.1) is 11.8 Å². The summed E-state index contributed by atoms with van der Waals surface area (Å²) in [6.45, 7) is 2.17. The summed E-state index contributed by atoms with van der Waals surface area (Å²) in [6.07, 6.45) is 2.22. The lowest BCUT2D eigenvalue weighted by Crippen LogP contribution is -2.01. The molecule has 1 heterocycles. The van der Waals surface area contributed by atoms with Crippen molar-refractivity contribution >= 4 is 23.4 Å². The van der Waals surface area contributed by atoms with E-state index in [4.69, 9.17) is 21.4 Å². The zero-order valence-corrected chi connectivity index (χ0v) is 10.2. The van der Waals surface area contributed by atoms with E-state index in [9.17, 15) is 0 Å². The molecule has 0 bridgehead atoms. The first-order valence-electron chi connectivity index (χ1n) is 4.51. The molecule has 0 spiro atoms. The van der Waals surface area contributed by atoms with Crippen LogP contribution in [-0.2, 0) is 0 Å². The Balaban J connectivity index is 2.74. The molecule has 0 radical (unpaired) electrons. The van der Waals surface area contributed by atoms with Gasteiger partial charge in [-0.2, -0.15) is 4.98 Å². The van der Waals surface area contributed by atoms with Crippen LogP contribution in [0, 0.1) is 0 Å². The van der Waals surface area contributed by atoms with Crippen LogP contribution < -0.4 is 4.74 Å². The molecule has 84 valence electrons. The lowest BCUT2D eigenvalue weighted by atomic mass is 10.3. The van der Waals surface area contributed by atoms with Gasteiger partial charge in [0, 0.05) is 11.9 Å². The van der Waals surface area contributed by atoms with Crippen LogP contribution in [0.15, 0.2) is 11.2 Å². The molecule has 6 heteroatoms. The fraction of sp³-hybridized carbons (Fsp3) is 0.556. The minimum absolute atomic E-state index is 0.161. The van der Waals surface area contributed by atoms with Gasteiger partial charge in [-0.3, -0.25) is 0 Å². The predicted molar refractivity (Wildman–Crippen MR) is 60.6 cm³/mol. The summed E-state index contributed by atoms with van der Waals surface area (Å²) in [7, 11) is 1.51. The first kappa shape index (κ1) is 12.5. The first-order chi connectivity index (χ1) is 7.17. The van der Waals surface area contributed by atoms with E-state index in [2.05, 4.69) is 9.97 Å². The third-order valence-corrected chi connectivity index (χ3v) is 3.28. The van der Waals surface area contributed by atoms with Crippen molar-refractivity contribution in [3.8, 4) is 6.01 Å². The number of thioether (sulfide) groups is 1. The van der Waals surface area contributed by atoms with Crippen LogP contribution in [0.5, 0.6) is 6.01 Å². The number of hydrogen-bond donors (Lipinski definition) is 1. The lowest BCUT2D eigenvalue weighted by Gasteiger charge is -2.09. The topological polar surface area (TPSA) is 55.2 Å². The van der Waals surface area contributed by atoms with Crippen molar-refractivity contribution in [2.45, 2.75) is 23.6 Å². The zero-order chi connectivity index (χ0) is 11.3. The number of aromatic nitrogens is 2. The van der Waals surface area contributed by atoms with Crippen LogP contribution in [0.2, 0.25) is 5.02 Å². The largest absolute Gasteiger partial charge is 0.467 e. The smallest absolute Gasteiger partial charge is 0.317 e. The Bertz CT molecular complexity index is 325. The fourth-order valence-electron chi connectivity index (χ4n) is 0.949. The van der Waals surface area contributed by atoms with E-state index in [0.717, 1.165) is 0 Å². The fourth-order valence-corrected chi connectivity index (χ4v) is 2.07. The third-order valence-electron chi connectivity index (χ3n) is 1.72. The number of ether oxygens (including phenoxy) is 1. The van der Waals surface area contributed by atoms with Crippen molar-refractivity contribution in [3.05, 3.63) is 11.2 Å². The Labute approximate surface area is 98.0 Å². The van der Waals surface area contributed by atoms with Crippen molar-refractivity contribution in [1.29, 1.82) is 0 Å². The highest BCUT2D eigenvalue weighted by atomic mass is 35.5. The Morgan fingerprint density at radius 3 is 3.00 bits per heavy atom. The van der Waals surface area contributed by atoms with Crippen LogP contribution in [0.25, 0.3) is 0 Å². The molecule has 4 nitrogen and oxygen atoms in total. The number of methoxy groups -OCH3 is 1. The standard InChI is InChI=1S/C9H13ClN2O2S/c1-6(3-4-13)15-8-7(10)5-11-9(12-8)14-2/h5-6,13H,3-4H2,1-2H3.